The molecule has 0 aliphatic heterocycles. The van der Waals surface area contributed by atoms with Gasteiger partial charge < -0.3 is 9.26 Å². The Morgan fingerprint density at radius 1 is 0.600 bits per heavy atom. The lowest BCUT2D eigenvalue weighted by Gasteiger charge is -2.26. The first-order chi connectivity index (χ1) is 14.8. The molecule has 4 rings (SSSR count). The van der Waals surface area contributed by atoms with Crippen LogP contribution in [-0.2, 0) is 9.09 Å². The summed E-state index contributed by atoms with van der Waals surface area (Å²) >= 11 is 0. The molecule has 4 aromatic rings. The summed E-state index contributed by atoms with van der Waals surface area (Å²) in [6, 6.07) is 38.1. The van der Waals surface area contributed by atoms with Crippen LogP contribution < -0.4 is 15.3 Å². The SMILES string of the molecule is O=P(OC(COc1ccccc1)c1ccccc1)(c1ccccc1)c1ccccc1. The molecule has 1 atom stereocenters. The second kappa shape index (κ2) is 9.58. The summed E-state index contributed by atoms with van der Waals surface area (Å²) < 4.78 is 26.8. The van der Waals surface area contributed by atoms with Crippen molar-refractivity contribution in [3.05, 3.63) is 127 Å². The van der Waals surface area contributed by atoms with Crippen molar-refractivity contribution in [3.63, 3.8) is 0 Å². The molecule has 4 aromatic carbocycles. The van der Waals surface area contributed by atoms with Gasteiger partial charge in [-0.1, -0.05) is 84.9 Å². The molecule has 0 aromatic heterocycles. The highest BCUT2D eigenvalue weighted by atomic mass is 31.2. The molecule has 0 saturated heterocycles. The van der Waals surface area contributed by atoms with Gasteiger partial charge >= 0.3 is 0 Å². The maximum Gasteiger partial charge on any atom is 0.261 e. The van der Waals surface area contributed by atoms with Crippen LogP contribution in [0.25, 0.3) is 0 Å². The monoisotopic (exact) mass is 414 g/mol. The van der Waals surface area contributed by atoms with Gasteiger partial charge in [0.15, 0.2) is 0 Å². The van der Waals surface area contributed by atoms with Crippen LogP contribution in [0.2, 0.25) is 0 Å². The summed E-state index contributed by atoms with van der Waals surface area (Å²) in [5, 5.41) is 1.33. The molecule has 30 heavy (non-hydrogen) atoms. The quantitative estimate of drug-likeness (QED) is 0.344. The third kappa shape index (κ3) is 4.71. The Kier molecular flexibility index (Phi) is 6.44. The normalized spacial score (nSPS) is 12.3. The molecule has 0 aliphatic rings. The lowest BCUT2D eigenvalue weighted by molar-refractivity contribution is 0.137. The Bertz CT molecular complexity index is 1040. The average Bonchev–Trinajstić information content (AvgIpc) is 2.84. The van der Waals surface area contributed by atoms with E-state index in [0.717, 1.165) is 11.3 Å². The van der Waals surface area contributed by atoms with E-state index in [-0.39, 0.29) is 6.61 Å². The predicted molar refractivity (Wildman–Crippen MR) is 122 cm³/mol. The second-order valence-electron chi connectivity index (χ2n) is 6.85. The second-order valence-corrected chi connectivity index (χ2v) is 9.20. The summed E-state index contributed by atoms with van der Waals surface area (Å²) in [6.07, 6.45) is -0.502. The summed E-state index contributed by atoms with van der Waals surface area (Å²) in [5.74, 6) is 0.747. The van der Waals surface area contributed by atoms with E-state index >= 15 is 0 Å². The molecular weight excluding hydrogens is 391 g/mol. The fourth-order valence-corrected chi connectivity index (χ4v) is 5.45. The van der Waals surface area contributed by atoms with E-state index in [9.17, 15) is 4.57 Å². The highest BCUT2D eigenvalue weighted by Crippen LogP contribution is 2.49. The lowest BCUT2D eigenvalue weighted by Crippen LogP contribution is -2.22. The van der Waals surface area contributed by atoms with E-state index in [1.165, 1.54) is 0 Å². The Labute approximate surface area is 177 Å². The molecule has 0 heterocycles. The minimum absolute atomic E-state index is 0.248. The van der Waals surface area contributed by atoms with E-state index in [0.29, 0.717) is 10.6 Å². The van der Waals surface area contributed by atoms with Gasteiger partial charge in [0, 0.05) is 10.6 Å². The minimum atomic E-state index is -3.35. The van der Waals surface area contributed by atoms with Gasteiger partial charge in [0.1, 0.15) is 18.5 Å². The molecule has 0 aliphatic carbocycles. The zero-order chi connectivity index (χ0) is 20.7. The number of ether oxygens (including phenoxy) is 1. The Morgan fingerprint density at radius 2 is 1.03 bits per heavy atom. The molecule has 3 nitrogen and oxygen atoms in total. The van der Waals surface area contributed by atoms with Gasteiger partial charge in [-0.3, -0.25) is 4.57 Å². The van der Waals surface area contributed by atoms with E-state index in [2.05, 4.69) is 0 Å². The van der Waals surface area contributed by atoms with Gasteiger partial charge in [-0.15, -0.1) is 0 Å². The Balaban J connectivity index is 1.70. The van der Waals surface area contributed by atoms with Crippen molar-refractivity contribution in [2.24, 2.45) is 0 Å². The highest BCUT2D eigenvalue weighted by Gasteiger charge is 2.33. The molecule has 0 bridgehead atoms. The van der Waals surface area contributed by atoms with Gasteiger partial charge in [-0.05, 0) is 42.0 Å². The van der Waals surface area contributed by atoms with Crippen LogP contribution in [0.15, 0.2) is 121 Å². The topological polar surface area (TPSA) is 35.5 Å². The molecule has 0 saturated carbocycles. The van der Waals surface area contributed by atoms with E-state index in [4.69, 9.17) is 9.26 Å². The Hall–Kier alpha value is -3.13. The summed E-state index contributed by atoms with van der Waals surface area (Å²) in [6.45, 7) is 0.248. The summed E-state index contributed by atoms with van der Waals surface area (Å²) in [4.78, 5) is 0. The van der Waals surface area contributed by atoms with Crippen LogP contribution in [0.3, 0.4) is 0 Å². The Morgan fingerprint density at radius 3 is 1.53 bits per heavy atom. The number of hydrogen-bond donors (Lipinski definition) is 0. The van der Waals surface area contributed by atoms with Crippen LogP contribution >= 0.6 is 7.37 Å². The van der Waals surface area contributed by atoms with Crippen molar-refractivity contribution < 1.29 is 13.8 Å². The smallest absolute Gasteiger partial charge is 0.261 e. The van der Waals surface area contributed by atoms with Crippen LogP contribution in [0.1, 0.15) is 11.7 Å². The standard InChI is InChI=1S/C26H23O3P/c27-30(24-17-9-3-10-18-24,25-19-11-4-12-20-25)29-26(22-13-5-1-6-14-22)21-28-23-15-7-2-8-16-23/h1-20,26H,21H2. The first-order valence-electron chi connectivity index (χ1n) is 9.88. The van der Waals surface area contributed by atoms with Crippen LogP contribution in [0.5, 0.6) is 5.75 Å². The van der Waals surface area contributed by atoms with Crippen LogP contribution in [0.4, 0.5) is 0 Å². The van der Waals surface area contributed by atoms with E-state index < -0.39 is 13.5 Å². The van der Waals surface area contributed by atoms with Gasteiger partial charge in [0.25, 0.3) is 7.37 Å². The minimum Gasteiger partial charge on any atom is -0.491 e. The maximum absolute atomic E-state index is 14.3. The van der Waals surface area contributed by atoms with Gasteiger partial charge in [-0.25, -0.2) is 0 Å². The highest BCUT2D eigenvalue weighted by molar-refractivity contribution is 7.74. The molecule has 0 N–H and O–H groups in total. The van der Waals surface area contributed by atoms with Crippen molar-refractivity contribution in [1.82, 2.24) is 0 Å². The van der Waals surface area contributed by atoms with Crippen molar-refractivity contribution in [2.75, 3.05) is 6.61 Å². The number of para-hydroxylation sites is 1. The molecule has 0 radical (unpaired) electrons. The fourth-order valence-electron chi connectivity index (χ4n) is 3.24. The van der Waals surface area contributed by atoms with Crippen LogP contribution in [-0.4, -0.2) is 6.61 Å². The summed E-state index contributed by atoms with van der Waals surface area (Å²) in [5.41, 5.74) is 0.917. The van der Waals surface area contributed by atoms with E-state index in [1.807, 2.05) is 121 Å². The average molecular weight is 414 g/mol. The van der Waals surface area contributed by atoms with Crippen molar-refractivity contribution in [2.45, 2.75) is 6.10 Å². The van der Waals surface area contributed by atoms with E-state index in [1.54, 1.807) is 0 Å². The van der Waals surface area contributed by atoms with Gasteiger partial charge in [0.05, 0.1) is 0 Å². The number of hydrogen-bond acceptors (Lipinski definition) is 3. The van der Waals surface area contributed by atoms with Crippen molar-refractivity contribution in [1.29, 1.82) is 0 Å². The third-order valence-corrected chi connectivity index (χ3v) is 7.29. The molecule has 0 spiro atoms. The fraction of sp³-hybridized carbons (Fsp3) is 0.0769. The summed E-state index contributed by atoms with van der Waals surface area (Å²) in [7, 11) is -3.35. The zero-order valence-corrected chi connectivity index (χ0v) is 17.4. The zero-order valence-electron chi connectivity index (χ0n) is 16.5. The van der Waals surface area contributed by atoms with Gasteiger partial charge in [-0.2, -0.15) is 0 Å². The lowest BCUT2D eigenvalue weighted by atomic mass is 10.1. The van der Waals surface area contributed by atoms with Crippen LogP contribution in [0, 0.1) is 0 Å². The first-order valence-corrected chi connectivity index (χ1v) is 11.5. The molecule has 150 valence electrons. The van der Waals surface area contributed by atoms with Gasteiger partial charge in [0.2, 0.25) is 0 Å². The molecule has 4 heteroatoms. The largest absolute Gasteiger partial charge is 0.491 e. The maximum atomic E-state index is 14.3. The molecule has 1 unspecified atom stereocenters. The molecule has 0 amide bonds. The first kappa shape index (κ1) is 20.2. The third-order valence-electron chi connectivity index (χ3n) is 4.78. The van der Waals surface area contributed by atoms with Crippen molar-refractivity contribution >= 4 is 18.0 Å². The molecular formula is C26H23O3P. The predicted octanol–water partition coefficient (Wildman–Crippen LogP) is 5.75. The molecule has 0 fully saturated rings. The number of rotatable bonds is 8. The van der Waals surface area contributed by atoms with Crippen molar-refractivity contribution in [3.8, 4) is 5.75 Å². The number of benzene rings is 4.